The number of fused-ring (bicyclic) bond motifs is 3. The molecule has 0 fully saturated rings. The van der Waals surface area contributed by atoms with E-state index in [1.165, 1.54) is 72.8 Å². The number of aryl methyl sites for hydroxylation is 2. The summed E-state index contributed by atoms with van der Waals surface area (Å²) in [4.78, 5) is 11.2. The molecule has 0 aromatic heterocycles. The van der Waals surface area contributed by atoms with Gasteiger partial charge in [0.05, 0.1) is 16.3 Å². The number of hydrogen-bond acceptors (Lipinski definition) is 13. The fraction of sp³-hybridized carbons (Fsp3) is 0.0513. The first-order valence-electron chi connectivity index (χ1n) is 17.2. The van der Waals surface area contributed by atoms with E-state index in [0.29, 0.717) is 16.5 Å². The molecule has 61 heavy (non-hydrogen) atoms. The molecule has 0 saturated heterocycles. The average Bonchev–Trinajstić information content (AvgIpc) is 3.16. The molecule has 0 atom stereocenters. The Morgan fingerprint density at radius 3 is 1.54 bits per heavy atom. The van der Waals surface area contributed by atoms with Gasteiger partial charge in [0.2, 0.25) is 0 Å². The van der Waals surface area contributed by atoms with Crippen LogP contribution in [-0.2, 0) is 30.4 Å². The minimum atomic E-state index is -5.01. The van der Waals surface area contributed by atoms with E-state index in [2.05, 4.69) is 31.1 Å². The Kier molecular flexibility index (Phi) is 12.4. The smallest absolute Gasteiger partial charge is 0.505 e. The maximum Gasteiger partial charge on any atom is 1.00 e. The summed E-state index contributed by atoms with van der Waals surface area (Å²) in [5.41, 5.74) is 1.41. The number of nitrogens with zero attached hydrogens (tertiary/aromatic N) is 4. The summed E-state index contributed by atoms with van der Waals surface area (Å²) in [5.74, 6) is -1.26. The van der Waals surface area contributed by atoms with E-state index in [4.69, 9.17) is 0 Å². The average molecular weight is 894 g/mol. The predicted octanol–water partition coefficient (Wildman–Crippen LogP) is 6.39. The Labute approximate surface area is 369 Å². The number of phenols is 2. The van der Waals surface area contributed by atoms with Gasteiger partial charge >= 0.3 is 35.6 Å². The maximum atomic E-state index is 13.1. The third-order valence-corrected chi connectivity index (χ3v) is 11.7. The second-order valence-corrected chi connectivity index (χ2v) is 17.6. The number of aromatic hydroxyl groups is 2. The van der Waals surface area contributed by atoms with E-state index in [1.807, 2.05) is 13.0 Å². The Morgan fingerprint density at radius 2 is 1.03 bits per heavy atom. The van der Waals surface area contributed by atoms with Crippen molar-refractivity contribution in [1.82, 2.24) is 0 Å². The summed E-state index contributed by atoms with van der Waals surface area (Å²) in [6.45, 7) is 3.66. The van der Waals surface area contributed by atoms with Crippen molar-refractivity contribution < 1.29 is 83.5 Å². The van der Waals surface area contributed by atoms with Crippen LogP contribution in [0.4, 0.5) is 38.9 Å². The molecule has 0 aliphatic carbocycles. The molecule has 0 radical (unpaired) electrons. The van der Waals surface area contributed by atoms with Gasteiger partial charge in [0.15, 0.2) is 11.5 Å². The molecule has 22 heteroatoms. The van der Waals surface area contributed by atoms with Crippen LogP contribution >= 0.6 is 0 Å². The number of benzene rings is 7. The summed E-state index contributed by atoms with van der Waals surface area (Å²) in [7, 11) is -14.4. The van der Waals surface area contributed by atoms with Gasteiger partial charge in [-0.15, -0.1) is 10.2 Å². The normalized spacial score (nSPS) is 12.3. The van der Waals surface area contributed by atoms with Crippen LogP contribution in [0.25, 0.3) is 32.3 Å². The number of azo groups is 2. The first-order valence-corrected chi connectivity index (χ1v) is 21.5. The van der Waals surface area contributed by atoms with Gasteiger partial charge in [-0.25, -0.2) is 4.79 Å². The van der Waals surface area contributed by atoms with Crippen molar-refractivity contribution >= 4 is 103 Å². The summed E-state index contributed by atoms with van der Waals surface area (Å²) < 4.78 is 102. The number of carbonyl (C=O) groups excluding carboxylic acids is 1. The van der Waals surface area contributed by atoms with Crippen LogP contribution in [-0.4, -0.2) is 55.2 Å². The van der Waals surface area contributed by atoms with Crippen molar-refractivity contribution in [3.63, 3.8) is 0 Å². The quantitative estimate of drug-likeness (QED) is 0.0471. The number of carbonyl (C=O) groups is 1. The van der Waals surface area contributed by atoms with Gasteiger partial charge in [-0.05, 0) is 120 Å². The van der Waals surface area contributed by atoms with E-state index in [9.17, 15) is 53.9 Å². The van der Waals surface area contributed by atoms with Crippen molar-refractivity contribution in [2.75, 3.05) is 10.6 Å². The molecule has 0 spiro atoms. The molecule has 7 rings (SSSR count). The zero-order chi connectivity index (χ0) is 43.3. The molecule has 7 aromatic carbocycles. The molecule has 306 valence electrons. The topological polar surface area (TPSA) is 294 Å². The Morgan fingerprint density at radius 1 is 0.525 bits per heavy atom. The van der Waals surface area contributed by atoms with E-state index < -0.39 is 69.1 Å². The van der Waals surface area contributed by atoms with E-state index in [-0.39, 0.29) is 73.1 Å². The number of anilines is 2. The number of phenolic OH excluding ortho intramolecular Hbond substituents is 2. The number of nitrogens with one attached hydrogen (secondary N) is 2. The molecule has 0 aliphatic heterocycles. The molecule has 7 N–H and O–H groups in total. The largest absolute Gasteiger partial charge is 1.00 e. The maximum absolute atomic E-state index is 13.1. The zero-order valence-corrected chi connectivity index (χ0v) is 36.4. The number of amides is 2. The van der Waals surface area contributed by atoms with E-state index in [1.54, 1.807) is 19.1 Å². The minimum absolute atomic E-state index is 0. The van der Waals surface area contributed by atoms with Gasteiger partial charge < -0.3 is 20.8 Å². The fourth-order valence-corrected chi connectivity index (χ4v) is 8.13. The number of hydrogen-bond donors (Lipinski definition) is 7. The van der Waals surface area contributed by atoms with Crippen LogP contribution in [0, 0.1) is 13.8 Å². The summed E-state index contributed by atoms with van der Waals surface area (Å²) in [5, 5.41) is 44.5. The molecule has 7 aromatic rings. The number of urea groups is 1. The van der Waals surface area contributed by atoms with Gasteiger partial charge in [0.25, 0.3) is 30.4 Å². The van der Waals surface area contributed by atoms with Gasteiger partial charge in [0.1, 0.15) is 21.2 Å². The van der Waals surface area contributed by atoms with Crippen molar-refractivity contribution in [3.8, 4) is 11.5 Å². The van der Waals surface area contributed by atoms with Gasteiger partial charge in [-0.2, -0.15) is 35.5 Å². The van der Waals surface area contributed by atoms with Crippen molar-refractivity contribution in [1.29, 1.82) is 0 Å². The molecular formula is C39H30N6NaO12S3+. The van der Waals surface area contributed by atoms with Gasteiger partial charge in [-0.3, -0.25) is 13.7 Å². The molecule has 0 heterocycles. The Bertz CT molecular complexity index is 3380. The van der Waals surface area contributed by atoms with Gasteiger partial charge in [0, 0.05) is 22.1 Å². The third-order valence-electron chi connectivity index (χ3n) is 9.14. The SMILES string of the molecule is Cc1ccc(N=Nc2c(S(=O)(=O)O)cc3cc(NC(=O)Nc4ccc5c(O)c(N=Nc6ccc7cc(S(=O)(=O)O)ccc7c6)c(S(=O)(=O)O)cc5c4)ccc3c2O)c(C)c1.[Na+]. The van der Waals surface area contributed by atoms with Gasteiger partial charge in [-0.1, -0.05) is 29.8 Å². The van der Waals surface area contributed by atoms with Crippen LogP contribution in [0.2, 0.25) is 0 Å². The Balaban J connectivity index is 0.00000622. The van der Waals surface area contributed by atoms with Crippen LogP contribution in [0.15, 0.2) is 138 Å². The van der Waals surface area contributed by atoms with Crippen molar-refractivity contribution in [2.45, 2.75) is 28.5 Å². The van der Waals surface area contributed by atoms with Crippen LogP contribution in [0.5, 0.6) is 11.5 Å². The van der Waals surface area contributed by atoms with Crippen LogP contribution < -0.4 is 40.2 Å². The van der Waals surface area contributed by atoms with Crippen molar-refractivity contribution in [2.24, 2.45) is 20.5 Å². The standard InChI is InChI=1S/C39H30N6O12S3.Na/c1-20-3-12-32(21(2)13-20)43-45-36-34(60(55,56)57)19-25-16-27(8-11-31(25)38(36)47)41-39(48)40-26-7-10-30-24(15-26)18-33(59(52,53)54)35(37(30)46)44-42-28-6-4-23-17-29(58(49,50)51)9-5-22(23)14-28;/h3-19,46-47H,1-2H3,(H2,40,41,48)(H,49,50,51)(H,52,53,54)(H,55,56,57);/q;+1. The molecule has 0 aliphatic rings. The molecule has 18 nitrogen and oxygen atoms in total. The second kappa shape index (κ2) is 16.9. The third kappa shape index (κ3) is 9.70. The summed E-state index contributed by atoms with van der Waals surface area (Å²) >= 11 is 0. The minimum Gasteiger partial charge on any atom is -0.505 e. The molecule has 0 bridgehead atoms. The van der Waals surface area contributed by atoms with Crippen LogP contribution in [0.3, 0.4) is 0 Å². The predicted molar refractivity (Wildman–Crippen MR) is 222 cm³/mol. The molecule has 2 amide bonds. The summed E-state index contributed by atoms with van der Waals surface area (Å²) in [6.07, 6.45) is 0. The fourth-order valence-electron chi connectivity index (χ4n) is 6.30. The molecule has 0 saturated carbocycles. The van der Waals surface area contributed by atoms with Crippen molar-refractivity contribution in [3.05, 3.63) is 114 Å². The number of rotatable bonds is 9. The van der Waals surface area contributed by atoms with Crippen LogP contribution in [0.1, 0.15) is 11.1 Å². The van der Waals surface area contributed by atoms with E-state index >= 15 is 0 Å². The Hall–Kier alpha value is -5.88. The molecular weight excluding hydrogens is 864 g/mol. The zero-order valence-electron chi connectivity index (χ0n) is 31.9. The first-order chi connectivity index (χ1) is 28.2. The monoisotopic (exact) mass is 893 g/mol. The molecule has 0 unspecified atom stereocenters. The first kappa shape index (κ1) is 44.7. The second-order valence-electron chi connectivity index (χ2n) is 13.4. The van der Waals surface area contributed by atoms with E-state index in [0.717, 1.165) is 23.3 Å². The summed E-state index contributed by atoms with van der Waals surface area (Å²) in [6, 6.07) is 22.9.